The predicted molar refractivity (Wildman–Crippen MR) is 77.4 cm³/mol. The SMILES string of the molecule is NC(=O)c1cc(OCCCc2ccncc2)c(F)cc1N. The van der Waals surface area contributed by atoms with Crippen molar-refractivity contribution >= 4 is 11.6 Å². The molecule has 0 atom stereocenters. The molecule has 0 aliphatic carbocycles. The van der Waals surface area contributed by atoms with Crippen LogP contribution in [0, 0.1) is 5.82 Å². The van der Waals surface area contributed by atoms with Gasteiger partial charge in [-0.25, -0.2) is 4.39 Å². The highest BCUT2D eigenvalue weighted by Crippen LogP contribution is 2.24. The Morgan fingerprint density at radius 3 is 2.67 bits per heavy atom. The molecule has 4 N–H and O–H groups in total. The highest BCUT2D eigenvalue weighted by atomic mass is 19.1. The van der Waals surface area contributed by atoms with Crippen LogP contribution in [0.3, 0.4) is 0 Å². The third-order valence-corrected chi connectivity index (χ3v) is 2.99. The van der Waals surface area contributed by atoms with Crippen LogP contribution in [-0.2, 0) is 6.42 Å². The van der Waals surface area contributed by atoms with E-state index in [1.54, 1.807) is 12.4 Å². The smallest absolute Gasteiger partial charge is 0.250 e. The quantitative estimate of drug-likeness (QED) is 0.627. The average molecular weight is 289 g/mol. The van der Waals surface area contributed by atoms with Gasteiger partial charge in [0, 0.05) is 24.1 Å². The van der Waals surface area contributed by atoms with Gasteiger partial charge in [0.2, 0.25) is 0 Å². The van der Waals surface area contributed by atoms with Crippen LogP contribution in [0.15, 0.2) is 36.7 Å². The van der Waals surface area contributed by atoms with Crippen molar-refractivity contribution in [2.75, 3.05) is 12.3 Å². The standard InChI is InChI=1S/C15H16FN3O2/c16-12-9-13(17)11(15(18)20)8-14(12)21-7-1-2-10-3-5-19-6-4-10/h3-6,8-9H,1-2,7,17H2,(H2,18,20). The van der Waals surface area contributed by atoms with E-state index in [1.165, 1.54) is 6.07 Å². The summed E-state index contributed by atoms with van der Waals surface area (Å²) in [5, 5.41) is 0. The summed E-state index contributed by atoms with van der Waals surface area (Å²) in [5.41, 5.74) is 11.9. The summed E-state index contributed by atoms with van der Waals surface area (Å²) in [6.45, 7) is 0.321. The lowest BCUT2D eigenvalue weighted by atomic mass is 10.1. The number of carbonyl (C=O) groups is 1. The molecule has 1 aromatic carbocycles. The Morgan fingerprint density at radius 1 is 1.29 bits per heavy atom. The van der Waals surface area contributed by atoms with Crippen molar-refractivity contribution in [3.8, 4) is 5.75 Å². The number of amides is 1. The molecule has 0 saturated carbocycles. The van der Waals surface area contributed by atoms with E-state index < -0.39 is 11.7 Å². The second kappa shape index (κ2) is 6.69. The zero-order valence-electron chi connectivity index (χ0n) is 11.4. The summed E-state index contributed by atoms with van der Waals surface area (Å²) in [5.74, 6) is -1.34. The molecule has 0 unspecified atom stereocenters. The van der Waals surface area contributed by atoms with Crippen LogP contribution in [0.25, 0.3) is 0 Å². The topological polar surface area (TPSA) is 91.2 Å². The molecular weight excluding hydrogens is 273 g/mol. The average Bonchev–Trinajstić information content (AvgIpc) is 2.46. The number of hydrogen-bond donors (Lipinski definition) is 2. The Hall–Kier alpha value is -2.63. The lowest BCUT2D eigenvalue weighted by Crippen LogP contribution is -2.14. The largest absolute Gasteiger partial charge is 0.490 e. The molecule has 0 spiro atoms. The molecule has 1 aromatic heterocycles. The summed E-state index contributed by atoms with van der Waals surface area (Å²) < 4.78 is 19.0. The first-order valence-electron chi connectivity index (χ1n) is 6.48. The fraction of sp³-hybridized carbons (Fsp3) is 0.200. The van der Waals surface area contributed by atoms with E-state index in [-0.39, 0.29) is 17.0 Å². The molecule has 0 aliphatic heterocycles. The number of primary amides is 1. The number of aromatic nitrogens is 1. The van der Waals surface area contributed by atoms with Gasteiger partial charge in [0.15, 0.2) is 11.6 Å². The van der Waals surface area contributed by atoms with Crippen molar-refractivity contribution in [3.63, 3.8) is 0 Å². The van der Waals surface area contributed by atoms with E-state index in [0.29, 0.717) is 13.0 Å². The van der Waals surface area contributed by atoms with E-state index >= 15 is 0 Å². The van der Waals surface area contributed by atoms with Gasteiger partial charge in [0.05, 0.1) is 12.2 Å². The fourth-order valence-corrected chi connectivity index (χ4v) is 1.90. The summed E-state index contributed by atoms with van der Waals surface area (Å²) in [6.07, 6.45) is 4.94. The second-order valence-corrected chi connectivity index (χ2v) is 4.54. The van der Waals surface area contributed by atoms with Crippen LogP contribution < -0.4 is 16.2 Å². The monoisotopic (exact) mass is 289 g/mol. The number of carbonyl (C=O) groups excluding carboxylic acids is 1. The van der Waals surface area contributed by atoms with Crippen molar-refractivity contribution in [2.45, 2.75) is 12.8 Å². The number of nitrogens with zero attached hydrogens (tertiary/aromatic N) is 1. The molecule has 6 heteroatoms. The molecule has 2 rings (SSSR count). The molecule has 0 fully saturated rings. The number of halogens is 1. The number of nitrogens with two attached hydrogens (primary N) is 2. The maximum atomic E-state index is 13.7. The molecule has 21 heavy (non-hydrogen) atoms. The van der Waals surface area contributed by atoms with Gasteiger partial charge in [-0.1, -0.05) is 0 Å². The second-order valence-electron chi connectivity index (χ2n) is 4.54. The van der Waals surface area contributed by atoms with Crippen LogP contribution in [0.1, 0.15) is 22.3 Å². The van der Waals surface area contributed by atoms with E-state index in [9.17, 15) is 9.18 Å². The third kappa shape index (κ3) is 3.92. The third-order valence-electron chi connectivity index (χ3n) is 2.99. The first kappa shape index (κ1) is 14.8. The number of pyridine rings is 1. The van der Waals surface area contributed by atoms with Gasteiger partial charge in [-0.15, -0.1) is 0 Å². The number of aryl methyl sites for hydroxylation is 1. The van der Waals surface area contributed by atoms with E-state index in [1.807, 2.05) is 12.1 Å². The summed E-state index contributed by atoms with van der Waals surface area (Å²) in [6, 6.07) is 6.10. The van der Waals surface area contributed by atoms with Crippen molar-refractivity contribution in [3.05, 3.63) is 53.6 Å². The Labute approximate surface area is 121 Å². The molecular formula is C15H16FN3O2. The Balaban J connectivity index is 1.94. The molecule has 0 aliphatic rings. The zero-order valence-corrected chi connectivity index (χ0v) is 11.4. The molecule has 0 saturated heterocycles. The molecule has 0 radical (unpaired) electrons. The maximum absolute atomic E-state index is 13.7. The van der Waals surface area contributed by atoms with E-state index in [2.05, 4.69) is 4.98 Å². The van der Waals surface area contributed by atoms with Crippen LogP contribution in [0.2, 0.25) is 0 Å². The molecule has 1 amide bonds. The molecule has 1 heterocycles. The number of hydrogen-bond acceptors (Lipinski definition) is 4. The van der Waals surface area contributed by atoms with E-state index in [4.69, 9.17) is 16.2 Å². The van der Waals surface area contributed by atoms with Gasteiger partial charge in [-0.3, -0.25) is 9.78 Å². The van der Waals surface area contributed by atoms with Gasteiger partial charge in [-0.2, -0.15) is 0 Å². The summed E-state index contributed by atoms with van der Waals surface area (Å²) in [7, 11) is 0. The first-order valence-corrected chi connectivity index (χ1v) is 6.48. The summed E-state index contributed by atoms with van der Waals surface area (Å²) in [4.78, 5) is 15.1. The highest BCUT2D eigenvalue weighted by Gasteiger charge is 2.12. The Bertz CT molecular complexity index is 632. The van der Waals surface area contributed by atoms with Crippen LogP contribution in [0.4, 0.5) is 10.1 Å². The van der Waals surface area contributed by atoms with Crippen molar-refractivity contribution < 1.29 is 13.9 Å². The minimum atomic E-state index is -0.714. The number of ether oxygens (including phenoxy) is 1. The van der Waals surface area contributed by atoms with Crippen molar-refractivity contribution in [1.29, 1.82) is 0 Å². The van der Waals surface area contributed by atoms with Gasteiger partial charge in [-0.05, 0) is 36.6 Å². The molecule has 2 aromatic rings. The van der Waals surface area contributed by atoms with Crippen molar-refractivity contribution in [2.24, 2.45) is 5.73 Å². The molecule has 110 valence electrons. The van der Waals surface area contributed by atoms with Crippen LogP contribution >= 0.6 is 0 Å². The first-order chi connectivity index (χ1) is 10.1. The number of rotatable bonds is 6. The lowest BCUT2D eigenvalue weighted by molar-refractivity contribution is 0.100. The Kier molecular flexibility index (Phi) is 4.71. The van der Waals surface area contributed by atoms with Crippen LogP contribution in [0.5, 0.6) is 5.75 Å². The lowest BCUT2D eigenvalue weighted by Gasteiger charge is -2.10. The number of benzene rings is 1. The fourth-order valence-electron chi connectivity index (χ4n) is 1.90. The van der Waals surface area contributed by atoms with E-state index in [0.717, 1.165) is 18.1 Å². The predicted octanol–water partition coefficient (Wildman–Crippen LogP) is 1.91. The minimum Gasteiger partial charge on any atom is -0.490 e. The van der Waals surface area contributed by atoms with Gasteiger partial charge in [0.25, 0.3) is 5.91 Å². The van der Waals surface area contributed by atoms with Crippen molar-refractivity contribution in [1.82, 2.24) is 4.98 Å². The maximum Gasteiger partial charge on any atom is 0.250 e. The van der Waals surface area contributed by atoms with Gasteiger partial charge in [0.1, 0.15) is 0 Å². The number of nitrogen functional groups attached to an aromatic ring is 1. The number of anilines is 1. The molecule has 0 bridgehead atoms. The highest BCUT2D eigenvalue weighted by molar-refractivity contribution is 5.98. The minimum absolute atomic E-state index is 0.00383. The Morgan fingerprint density at radius 2 is 2.00 bits per heavy atom. The van der Waals surface area contributed by atoms with Gasteiger partial charge >= 0.3 is 0 Å². The summed E-state index contributed by atoms with van der Waals surface area (Å²) >= 11 is 0. The van der Waals surface area contributed by atoms with Gasteiger partial charge < -0.3 is 16.2 Å². The van der Waals surface area contributed by atoms with Crippen LogP contribution in [-0.4, -0.2) is 17.5 Å². The molecule has 5 nitrogen and oxygen atoms in total. The normalized spacial score (nSPS) is 10.3. The zero-order chi connectivity index (χ0) is 15.2.